The van der Waals surface area contributed by atoms with Gasteiger partial charge in [-0.1, -0.05) is 0 Å². The largest absolute Gasteiger partial charge is 0.388 e. The molecule has 21 heavy (non-hydrogen) atoms. The summed E-state index contributed by atoms with van der Waals surface area (Å²) in [6, 6.07) is 8.63. The summed E-state index contributed by atoms with van der Waals surface area (Å²) in [5.41, 5.74) is 5.84. The van der Waals surface area contributed by atoms with Crippen molar-refractivity contribution in [3.8, 4) is 10.6 Å². The van der Waals surface area contributed by atoms with Crippen molar-refractivity contribution in [2.24, 2.45) is 0 Å². The molecular weight excluding hydrogens is 278 g/mol. The quantitative estimate of drug-likeness (QED) is 0.552. The highest BCUT2D eigenvalue weighted by Crippen LogP contribution is 2.35. The van der Waals surface area contributed by atoms with E-state index in [-0.39, 0.29) is 0 Å². The van der Waals surface area contributed by atoms with Gasteiger partial charge in [-0.05, 0) is 37.1 Å². The maximum absolute atomic E-state index is 4.88. The van der Waals surface area contributed by atoms with Gasteiger partial charge >= 0.3 is 0 Å². The smallest absolute Gasteiger partial charge is 0.201 e. The minimum Gasteiger partial charge on any atom is -0.388 e. The van der Waals surface area contributed by atoms with Crippen LogP contribution in [0.4, 0.5) is 5.69 Å². The standard InChI is InChI=1S/C17H19N3S/c1-10-8-12(20(4)5)9-15-16(10)19-14-7-6-13(18-3)11(2)17(14)21-15/h6-9H,1-5H3/p+1. The van der Waals surface area contributed by atoms with Gasteiger partial charge in [0, 0.05) is 24.9 Å². The Morgan fingerprint density at radius 3 is 2.57 bits per heavy atom. The number of aromatic nitrogens is 1. The summed E-state index contributed by atoms with van der Waals surface area (Å²) in [5.74, 6) is 0. The maximum atomic E-state index is 4.88. The Kier molecular flexibility index (Phi) is 3.41. The first-order valence-corrected chi connectivity index (χ1v) is 7.86. The first-order chi connectivity index (χ1) is 10.0. The molecule has 1 aliphatic carbocycles. The van der Waals surface area contributed by atoms with E-state index in [0.29, 0.717) is 0 Å². The molecule has 2 aliphatic rings. The first kappa shape index (κ1) is 14.0. The number of aryl methyl sites for hydroxylation is 2. The maximum Gasteiger partial charge on any atom is 0.201 e. The van der Waals surface area contributed by atoms with E-state index in [1.807, 2.05) is 18.4 Å². The monoisotopic (exact) mass is 298 g/mol. The SMILES string of the molecule is CNc1ccc2nc3c(C)cc(=[N+](C)C)cc-3sc2c1C. The third-order valence-electron chi connectivity index (χ3n) is 3.87. The topological polar surface area (TPSA) is 27.9 Å². The van der Waals surface area contributed by atoms with Crippen molar-refractivity contribution in [2.45, 2.75) is 13.8 Å². The predicted molar refractivity (Wildman–Crippen MR) is 92.4 cm³/mol. The van der Waals surface area contributed by atoms with Crippen LogP contribution in [0.5, 0.6) is 0 Å². The molecular formula is C17H20N3S+. The molecule has 0 amide bonds. The zero-order valence-electron chi connectivity index (χ0n) is 13.1. The average molecular weight is 298 g/mol. The van der Waals surface area contributed by atoms with Crippen molar-refractivity contribution in [1.29, 1.82) is 0 Å². The van der Waals surface area contributed by atoms with E-state index in [4.69, 9.17) is 4.98 Å². The van der Waals surface area contributed by atoms with Gasteiger partial charge in [0.1, 0.15) is 14.1 Å². The third kappa shape index (κ3) is 2.29. The lowest BCUT2D eigenvalue weighted by Crippen LogP contribution is -2.22. The van der Waals surface area contributed by atoms with Crippen LogP contribution in [-0.2, 0) is 0 Å². The van der Waals surface area contributed by atoms with E-state index in [2.05, 4.69) is 62.1 Å². The molecule has 3 rings (SSSR count). The molecule has 0 saturated heterocycles. The number of nitrogens with zero attached hydrogens (tertiary/aromatic N) is 2. The zero-order chi connectivity index (χ0) is 15.1. The molecule has 3 nitrogen and oxygen atoms in total. The number of hydrogen-bond donors (Lipinski definition) is 1. The van der Waals surface area contributed by atoms with Gasteiger partial charge in [-0.25, -0.2) is 9.56 Å². The van der Waals surface area contributed by atoms with Crippen LogP contribution >= 0.6 is 11.3 Å². The average Bonchev–Trinajstić information content (AvgIpc) is 2.46. The second kappa shape index (κ2) is 5.11. The van der Waals surface area contributed by atoms with E-state index in [9.17, 15) is 0 Å². The van der Waals surface area contributed by atoms with E-state index < -0.39 is 0 Å². The molecule has 0 spiro atoms. The lowest BCUT2D eigenvalue weighted by Gasteiger charge is -2.12. The lowest BCUT2D eigenvalue weighted by atomic mass is 10.1. The highest BCUT2D eigenvalue weighted by Gasteiger charge is 2.14. The summed E-state index contributed by atoms with van der Waals surface area (Å²) in [6.45, 7) is 4.29. The van der Waals surface area contributed by atoms with Gasteiger partial charge in [0.2, 0.25) is 5.36 Å². The highest BCUT2D eigenvalue weighted by atomic mass is 32.1. The summed E-state index contributed by atoms with van der Waals surface area (Å²) in [5, 5.41) is 4.47. The van der Waals surface area contributed by atoms with Crippen LogP contribution in [0.15, 0.2) is 24.3 Å². The van der Waals surface area contributed by atoms with Crippen molar-refractivity contribution in [2.75, 3.05) is 26.5 Å². The predicted octanol–water partition coefficient (Wildman–Crippen LogP) is 3.09. The van der Waals surface area contributed by atoms with E-state index in [0.717, 1.165) is 11.2 Å². The van der Waals surface area contributed by atoms with E-state index >= 15 is 0 Å². The summed E-state index contributed by atoms with van der Waals surface area (Å²) in [4.78, 5) is 6.12. The normalized spacial score (nSPS) is 11.1. The van der Waals surface area contributed by atoms with Crippen LogP contribution in [-0.4, -0.2) is 26.1 Å². The molecule has 0 atom stereocenters. The Bertz CT molecular complexity index is 873. The third-order valence-corrected chi connectivity index (χ3v) is 5.12. The molecule has 0 saturated carbocycles. The van der Waals surface area contributed by atoms with Crippen LogP contribution in [0.1, 0.15) is 11.1 Å². The molecule has 0 unspecified atom stereocenters. The number of anilines is 1. The van der Waals surface area contributed by atoms with Gasteiger partial charge < -0.3 is 5.32 Å². The molecule has 108 valence electrons. The molecule has 4 heteroatoms. The van der Waals surface area contributed by atoms with Crippen molar-refractivity contribution >= 4 is 27.2 Å². The number of rotatable bonds is 1. The van der Waals surface area contributed by atoms with Crippen LogP contribution in [0.2, 0.25) is 0 Å². The number of nitrogens with one attached hydrogen (secondary N) is 1. The van der Waals surface area contributed by atoms with Gasteiger partial charge in [-0.3, -0.25) is 0 Å². The minimum absolute atomic E-state index is 1.07. The van der Waals surface area contributed by atoms with Gasteiger partial charge in [0.05, 0.1) is 20.8 Å². The van der Waals surface area contributed by atoms with Crippen LogP contribution in [0, 0.1) is 13.8 Å². The summed E-state index contributed by atoms with van der Waals surface area (Å²) in [6.07, 6.45) is 0. The van der Waals surface area contributed by atoms with Crippen molar-refractivity contribution in [1.82, 2.24) is 9.56 Å². The van der Waals surface area contributed by atoms with Crippen molar-refractivity contribution in [3.05, 3.63) is 40.7 Å². The second-order valence-corrected chi connectivity index (χ2v) is 6.61. The fraction of sp³-hybridized carbons (Fsp3) is 0.294. The van der Waals surface area contributed by atoms with E-state index in [1.165, 1.54) is 31.7 Å². The fourth-order valence-corrected chi connectivity index (χ4v) is 3.79. The molecule has 0 bridgehead atoms. The fourth-order valence-electron chi connectivity index (χ4n) is 2.60. The van der Waals surface area contributed by atoms with Crippen LogP contribution < -0.4 is 15.2 Å². The van der Waals surface area contributed by atoms with E-state index in [1.54, 1.807) is 0 Å². The Labute approximate surface area is 128 Å². The van der Waals surface area contributed by atoms with Crippen molar-refractivity contribution in [3.63, 3.8) is 0 Å². The molecule has 0 fully saturated rings. The molecule has 0 radical (unpaired) electrons. The number of hydrogen-bond acceptors (Lipinski definition) is 3. The second-order valence-electron chi connectivity index (χ2n) is 5.55. The Morgan fingerprint density at radius 2 is 1.90 bits per heavy atom. The molecule has 1 heterocycles. The Morgan fingerprint density at radius 1 is 1.14 bits per heavy atom. The Hall–Kier alpha value is -1.94. The molecule has 1 aromatic rings. The molecule has 0 aromatic heterocycles. The van der Waals surface area contributed by atoms with Crippen LogP contribution in [0.3, 0.4) is 0 Å². The highest BCUT2D eigenvalue weighted by molar-refractivity contribution is 7.21. The number of fused-ring (bicyclic) bond motifs is 2. The summed E-state index contributed by atoms with van der Waals surface area (Å²) in [7, 11) is 6.11. The van der Waals surface area contributed by atoms with Gasteiger partial charge in [0.25, 0.3) is 0 Å². The molecule has 1 N–H and O–H groups in total. The summed E-state index contributed by atoms with van der Waals surface area (Å²) >= 11 is 1.82. The van der Waals surface area contributed by atoms with Crippen molar-refractivity contribution < 1.29 is 0 Å². The van der Waals surface area contributed by atoms with Gasteiger partial charge in [-0.2, -0.15) is 0 Å². The Balaban J connectivity index is 2.45. The minimum atomic E-state index is 1.07. The number of benzene rings is 2. The van der Waals surface area contributed by atoms with Gasteiger partial charge in [0.15, 0.2) is 0 Å². The molecule has 1 aliphatic heterocycles. The van der Waals surface area contributed by atoms with Crippen LogP contribution in [0.25, 0.3) is 20.8 Å². The van der Waals surface area contributed by atoms with Gasteiger partial charge in [-0.15, -0.1) is 11.3 Å². The first-order valence-electron chi connectivity index (χ1n) is 7.04. The lowest BCUT2D eigenvalue weighted by molar-refractivity contribution is 0.812. The zero-order valence-corrected chi connectivity index (χ0v) is 13.9. The molecule has 1 aromatic carbocycles. The summed E-state index contributed by atoms with van der Waals surface area (Å²) < 4.78 is 3.39.